The van der Waals surface area contributed by atoms with E-state index in [1.54, 1.807) is 6.07 Å². The Labute approximate surface area is 115 Å². The average Bonchev–Trinajstić information content (AvgIpc) is 2.45. The van der Waals surface area contributed by atoms with Crippen LogP contribution in [0.4, 0.5) is 17.6 Å². The van der Waals surface area contributed by atoms with E-state index >= 15 is 0 Å². The van der Waals surface area contributed by atoms with Crippen LogP contribution in [0.3, 0.4) is 0 Å². The van der Waals surface area contributed by atoms with Crippen LogP contribution >= 0.6 is 0 Å². The highest BCUT2D eigenvalue weighted by Gasteiger charge is 2.36. The van der Waals surface area contributed by atoms with Crippen molar-refractivity contribution in [3.8, 4) is 0 Å². The third kappa shape index (κ3) is 3.49. The first-order chi connectivity index (χ1) is 9.54. The Balaban J connectivity index is 2.33. The Kier molecular flexibility index (Phi) is 4.99. The molecule has 0 saturated carbocycles. The van der Waals surface area contributed by atoms with Crippen LogP contribution in [-0.4, -0.2) is 37.8 Å². The van der Waals surface area contributed by atoms with Crippen LogP contribution in [0.2, 0.25) is 0 Å². The molecular weight excluding hydrogens is 272 g/mol. The van der Waals surface area contributed by atoms with E-state index in [-0.39, 0.29) is 12.0 Å². The number of hydrogen-bond acceptors (Lipinski definition) is 2. The first kappa shape index (κ1) is 15.3. The predicted molar refractivity (Wildman–Crippen MR) is 69.2 cm³/mol. The molecule has 1 fully saturated rings. The zero-order valence-corrected chi connectivity index (χ0v) is 11.1. The smallest absolute Gasteiger partial charge is 0.314 e. The van der Waals surface area contributed by atoms with Gasteiger partial charge in [-0.2, -0.15) is 13.2 Å². The van der Waals surface area contributed by atoms with Gasteiger partial charge < -0.3 is 5.32 Å². The number of piperazine rings is 1. The standard InChI is InChI=1S/C14H18F4N2/c15-6-5-13(20-9-7-19-8-10-20)11-3-1-2-4-12(11)14(16,17)18/h1-4,13,19H,5-10H2/t13-/m1/s1. The van der Waals surface area contributed by atoms with E-state index in [1.165, 1.54) is 12.1 Å². The van der Waals surface area contributed by atoms with Crippen molar-refractivity contribution >= 4 is 0 Å². The summed E-state index contributed by atoms with van der Waals surface area (Å²) in [5, 5.41) is 3.15. The summed E-state index contributed by atoms with van der Waals surface area (Å²) in [6.07, 6.45) is -4.31. The highest BCUT2D eigenvalue weighted by Crippen LogP contribution is 2.37. The summed E-state index contributed by atoms with van der Waals surface area (Å²) in [7, 11) is 0. The van der Waals surface area contributed by atoms with Gasteiger partial charge in [0, 0.05) is 32.2 Å². The summed E-state index contributed by atoms with van der Waals surface area (Å²) in [6, 6.07) is 4.97. The zero-order chi connectivity index (χ0) is 14.6. The molecule has 2 nitrogen and oxygen atoms in total. The van der Waals surface area contributed by atoms with E-state index < -0.39 is 24.5 Å². The van der Waals surface area contributed by atoms with Crippen molar-refractivity contribution in [3.05, 3.63) is 35.4 Å². The molecule has 1 N–H and O–H groups in total. The number of nitrogens with zero attached hydrogens (tertiary/aromatic N) is 1. The third-order valence-electron chi connectivity index (χ3n) is 3.60. The lowest BCUT2D eigenvalue weighted by Gasteiger charge is -2.36. The topological polar surface area (TPSA) is 15.3 Å². The van der Waals surface area contributed by atoms with E-state index in [2.05, 4.69) is 5.32 Å². The summed E-state index contributed by atoms with van der Waals surface area (Å²) in [5.41, 5.74) is -0.475. The molecule has 1 aliphatic heterocycles. The number of alkyl halides is 4. The third-order valence-corrected chi connectivity index (χ3v) is 3.60. The molecular formula is C14H18F4N2. The van der Waals surface area contributed by atoms with Crippen molar-refractivity contribution in [2.24, 2.45) is 0 Å². The minimum Gasteiger partial charge on any atom is -0.314 e. The van der Waals surface area contributed by atoms with Crippen LogP contribution in [0, 0.1) is 0 Å². The second-order valence-corrected chi connectivity index (χ2v) is 4.86. The second-order valence-electron chi connectivity index (χ2n) is 4.86. The van der Waals surface area contributed by atoms with Crippen molar-refractivity contribution in [1.82, 2.24) is 10.2 Å². The maximum atomic E-state index is 13.1. The van der Waals surface area contributed by atoms with Crippen LogP contribution in [0.25, 0.3) is 0 Å². The molecule has 1 aromatic rings. The predicted octanol–water partition coefficient (Wildman–Crippen LogP) is 3.01. The molecule has 0 spiro atoms. The van der Waals surface area contributed by atoms with Gasteiger partial charge in [0.2, 0.25) is 0 Å². The Morgan fingerprint density at radius 3 is 2.40 bits per heavy atom. The van der Waals surface area contributed by atoms with Crippen molar-refractivity contribution < 1.29 is 17.6 Å². The monoisotopic (exact) mass is 290 g/mol. The molecule has 112 valence electrons. The van der Waals surface area contributed by atoms with E-state index in [0.29, 0.717) is 13.1 Å². The Bertz CT molecular complexity index is 427. The van der Waals surface area contributed by atoms with Crippen molar-refractivity contribution in [3.63, 3.8) is 0 Å². The van der Waals surface area contributed by atoms with E-state index in [9.17, 15) is 17.6 Å². The summed E-state index contributed by atoms with van der Waals surface area (Å²) in [6.45, 7) is 2.09. The number of nitrogens with one attached hydrogen (secondary N) is 1. The largest absolute Gasteiger partial charge is 0.416 e. The molecule has 20 heavy (non-hydrogen) atoms. The van der Waals surface area contributed by atoms with Gasteiger partial charge in [-0.15, -0.1) is 0 Å². The van der Waals surface area contributed by atoms with Gasteiger partial charge in [0.05, 0.1) is 12.2 Å². The number of hydrogen-bond donors (Lipinski definition) is 1. The molecule has 2 rings (SSSR count). The Morgan fingerprint density at radius 2 is 1.80 bits per heavy atom. The summed E-state index contributed by atoms with van der Waals surface area (Å²) >= 11 is 0. The van der Waals surface area contributed by atoms with Gasteiger partial charge in [-0.25, -0.2) is 0 Å². The molecule has 0 aliphatic carbocycles. The number of benzene rings is 1. The lowest BCUT2D eigenvalue weighted by atomic mass is 9.96. The van der Waals surface area contributed by atoms with Crippen LogP contribution in [0.5, 0.6) is 0 Å². The van der Waals surface area contributed by atoms with Crippen LogP contribution < -0.4 is 5.32 Å². The van der Waals surface area contributed by atoms with Gasteiger partial charge in [-0.1, -0.05) is 18.2 Å². The lowest BCUT2D eigenvalue weighted by molar-refractivity contribution is -0.138. The Morgan fingerprint density at radius 1 is 1.15 bits per heavy atom. The van der Waals surface area contributed by atoms with Gasteiger partial charge in [-0.05, 0) is 18.1 Å². The molecule has 1 aliphatic rings. The van der Waals surface area contributed by atoms with Crippen molar-refractivity contribution in [1.29, 1.82) is 0 Å². The van der Waals surface area contributed by atoms with Gasteiger partial charge >= 0.3 is 6.18 Å². The van der Waals surface area contributed by atoms with E-state index in [0.717, 1.165) is 19.2 Å². The van der Waals surface area contributed by atoms with E-state index in [4.69, 9.17) is 0 Å². The molecule has 1 heterocycles. The van der Waals surface area contributed by atoms with Crippen molar-refractivity contribution in [2.45, 2.75) is 18.6 Å². The quantitative estimate of drug-likeness (QED) is 0.858. The van der Waals surface area contributed by atoms with Gasteiger partial charge in [0.15, 0.2) is 0 Å². The van der Waals surface area contributed by atoms with Gasteiger partial charge in [0.1, 0.15) is 0 Å². The van der Waals surface area contributed by atoms with Crippen LogP contribution in [0.1, 0.15) is 23.6 Å². The molecule has 0 aromatic heterocycles. The fraction of sp³-hybridized carbons (Fsp3) is 0.571. The lowest BCUT2D eigenvalue weighted by Crippen LogP contribution is -2.45. The van der Waals surface area contributed by atoms with Gasteiger partial charge in [-0.3, -0.25) is 9.29 Å². The average molecular weight is 290 g/mol. The molecule has 0 radical (unpaired) electrons. The fourth-order valence-electron chi connectivity index (χ4n) is 2.68. The molecule has 0 unspecified atom stereocenters. The van der Waals surface area contributed by atoms with Crippen molar-refractivity contribution in [2.75, 3.05) is 32.9 Å². The van der Waals surface area contributed by atoms with E-state index in [1.807, 2.05) is 4.90 Å². The Hall–Kier alpha value is -1.14. The minimum absolute atomic E-state index is 0.0904. The normalized spacial score (nSPS) is 19.0. The highest BCUT2D eigenvalue weighted by atomic mass is 19.4. The molecule has 1 saturated heterocycles. The summed E-state index contributed by atoms with van der Waals surface area (Å²) < 4.78 is 52.1. The second kappa shape index (κ2) is 6.54. The maximum Gasteiger partial charge on any atom is 0.416 e. The van der Waals surface area contributed by atoms with Gasteiger partial charge in [0.25, 0.3) is 0 Å². The number of rotatable bonds is 4. The molecule has 6 heteroatoms. The first-order valence-corrected chi connectivity index (χ1v) is 6.71. The molecule has 1 atom stereocenters. The highest BCUT2D eigenvalue weighted by molar-refractivity contribution is 5.32. The number of halogens is 4. The molecule has 0 bridgehead atoms. The van der Waals surface area contributed by atoms with Crippen LogP contribution in [-0.2, 0) is 6.18 Å². The molecule has 0 amide bonds. The maximum absolute atomic E-state index is 13.1. The minimum atomic E-state index is -4.40. The zero-order valence-electron chi connectivity index (χ0n) is 11.1. The molecule has 1 aromatic carbocycles. The summed E-state index contributed by atoms with van der Waals surface area (Å²) in [4.78, 5) is 1.93. The fourth-order valence-corrected chi connectivity index (χ4v) is 2.68. The summed E-state index contributed by atoms with van der Waals surface area (Å²) in [5.74, 6) is 0. The van der Waals surface area contributed by atoms with Crippen LogP contribution in [0.15, 0.2) is 24.3 Å². The first-order valence-electron chi connectivity index (χ1n) is 6.71. The SMILES string of the molecule is FCC[C@H](c1ccccc1C(F)(F)F)N1CCNCC1.